The van der Waals surface area contributed by atoms with Crippen LogP contribution in [0.15, 0.2) is 0 Å². The van der Waals surface area contributed by atoms with Crippen LogP contribution < -0.4 is 5.73 Å². The Hall–Kier alpha value is -0.370. The van der Waals surface area contributed by atoms with Crippen molar-refractivity contribution in [2.24, 2.45) is 5.73 Å². The summed E-state index contributed by atoms with van der Waals surface area (Å²) in [5.74, 6) is 0. The van der Waals surface area contributed by atoms with Gasteiger partial charge in [-0.2, -0.15) is 13.2 Å². The molecular formula is C9H19F3N2O2. The van der Waals surface area contributed by atoms with Crippen molar-refractivity contribution in [3.8, 4) is 0 Å². The Labute approximate surface area is 93.2 Å². The molecule has 3 N–H and O–H groups in total. The van der Waals surface area contributed by atoms with Crippen molar-refractivity contribution in [2.75, 3.05) is 33.4 Å². The van der Waals surface area contributed by atoms with E-state index >= 15 is 0 Å². The second-order valence-electron chi connectivity index (χ2n) is 3.60. The number of aliphatic hydroxyl groups excluding tert-OH is 1. The second-order valence-corrected chi connectivity index (χ2v) is 3.60. The molecular weight excluding hydrogens is 225 g/mol. The Balaban J connectivity index is 4.66. The molecule has 0 amide bonds. The Bertz CT molecular complexity index is 188. The third-order valence-corrected chi connectivity index (χ3v) is 2.20. The standard InChI is InChI=1S/C9H19F3N2O2/c1-7(13)8(9(10,11)12)14(3-5-15)4-6-16-2/h7-8,15H,3-6,13H2,1-2H3. The molecule has 0 aromatic rings. The maximum Gasteiger partial charge on any atom is 0.405 e. The fraction of sp³-hybridized carbons (Fsp3) is 1.00. The fourth-order valence-corrected chi connectivity index (χ4v) is 1.56. The van der Waals surface area contributed by atoms with Crippen molar-refractivity contribution < 1.29 is 23.0 Å². The Kier molecular flexibility index (Phi) is 6.89. The Morgan fingerprint density at radius 3 is 2.25 bits per heavy atom. The molecule has 0 bridgehead atoms. The molecule has 0 saturated carbocycles. The third-order valence-electron chi connectivity index (χ3n) is 2.20. The highest BCUT2D eigenvalue weighted by molar-refractivity contribution is 4.85. The van der Waals surface area contributed by atoms with Crippen LogP contribution in [0.25, 0.3) is 0 Å². The number of nitrogens with zero attached hydrogens (tertiary/aromatic N) is 1. The topological polar surface area (TPSA) is 58.7 Å². The molecule has 0 aliphatic heterocycles. The van der Waals surface area contributed by atoms with E-state index in [1.54, 1.807) is 0 Å². The zero-order valence-electron chi connectivity index (χ0n) is 9.50. The van der Waals surface area contributed by atoms with Crippen molar-refractivity contribution in [1.82, 2.24) is 4.90 Å². The van der Waals surface area contributed by atoms with Gasteiger partial charge in [0.05, 0.1) is 13.2 Å². The largest absolute Gasteiger partial charge is 0.405 e. The molecule has 0 heterocycles. The van der Waals surface area contributed by atoms with Crippen LogP contribution in [0.5, 0.6) is 0 Å². The molecule has 0 fully saturated rings. The molecule has 16 heavy (non-hydrogen) atoms. The van der Waals surface area contributed by atoms with Gasteiger partial charge in [0.15, 0.2) is 0 Å². The number of alkyl halides is 3. The number of rotatable bonds is 7. The summed E-state index contributed by atoms with van der Waals surface area (Å²) in [5.41, 5.74) is 5.34. The summed E-state index contributed by atoms with van der Waals surface area (Å²) in [7, 11) is 1.41. The Morgan fingerprint density at radius 1 is 1.38 bits per heavy atom. The average molecular weight is 244 g/mol. The lowest BCUT2D eigenvalue weighted by Crippen LogP contribution is -2.56. The molecule has 0 aromatic carbocycles. The van der Waals surface area contributed by atoms with Gasteiger partial charge in [0.25, 0.3) is 0 Å². The van der Waals surface area contributed by atoms with Crippen LogP contribution in [0.2, 0.25) is 0 Å². The molecule has 0 spiro atoms. The second kappa shape index (κ2) is 7.05. The molecule has 0 radical (unpaired) electrons. The van der Waals surface area contributed by atoms with Gasteiger partial charge in [-0.3, -0.25) is 4.90 Å². The van der Waals surface area contributed by atoms with Crippen molar-refractivity contribution in [3.63, 3.8) is 0 Å². The molecule has 4 nitrogen and oxygen atoms in total. The van der Waals surface area contributed by atoms with E-state index in [9.17, 15) is 13.2 Å². The first-order valence-electron chi connectivity index (χ1n) is 5.00. The maximum atomic E-state index is 12.7. The van der Waals surface area contributed by atoms with Gasteiger partial charge in [-0.05, 0) is 6.92 Å². The van der Waals surface area contributed by atoms with E-state index in [2.05, 4.69) is 0 Å². The van der Waals surface area contributed by atoms with Crippen molar-refractivity contribution in [2.45, 2.75) is 25.2 Å². The highest BCUT2D eigenvalue weighted by Gasteiger charge is 2.45. The summed E-state index contributed by atoms with van der Waals surface area (Å²) < 4.78 is 42.9. The lowest BCUT2D eigenvalue weighted by Gasteiger charge is -2.34. The van der Waals surface area contributed by atoms with Crippen molar-refractivity contribution in [1.29, 1.82) is 0 Å². The number of ether oxygens (including phenoxy) is 1. The normalized spacial score (nSPS) is 16.5. The quantitative estimate of drug-likeness (QED) is 0.672. The van der Waals surface area contributed by atoms with E-state index in [4.69, 9.17) is 15.6 Å². The van der Waals surface area contributed by atoms with Crippen molar-refractivity contribution in [3.05, 3.63) is 0 Å². The van der Waals surface area contributed by atoms with E-state index in [0.717, 1.165) is 4.90 Å². The first kappa shape index (κ1) is 15.6. The molecule has 98 valence electrons. The van der Waals surface area contributed by atoms with Gasteiger partial charge in [0.1, 0.15) is 6.04 Å². The van der Waals surface area contributed by atoms with Crippen LogP contribution in [-0.2, 0) is 4.74 Å². The van der Waals surface area contributed by atoms with Gasteiger partial charge >= 0.3 is 6.18 Å². The van der Waals surface area contributed by atoms with E-state index in [1.165, 1.54) is 14.0 Å². The smallest absolute Gasteiger partial charge is 0.395 e. The van der Waals surface area contributed by atoms with Gasteiger partial charge in [-0.15, -0.1) is 0 Å². The molecule has 0 aliphatic carbocycles. The molecule has 2 atom stereocenters. The van der Waals surface area contributed by atoms with Crippen LogP contribution >= 0.6 is 0 Å². The minimum Gasteiger partial charge on any atom is -0.395 e. The summed E-state index contributed by atoms with van der Waals surface area (Å²) in [5, 5.41) is 8.74. The van der Waals surface area contributed by atoms with Gasteiger partial charge in [0, 0.05) is 26.2 Å². The predicted octanol–water partition coefficient (Wildman–Crippen LogP) is 0.205. The molecule has 2 unspecified atom stereocenters. The average Bonchev–Trinajstić information content (AvgIpc) is 2.11. The fourth-order valence-electron chi connectivity index (χ4n) is 1.56. The SMILES string of the molecule is COCCN(CCO)C(C(C)N)C(F)(F)F. The van der Waals surface area contributed by atoms with Gasteiger partial charge in [0.2, 0.25) is 0 Å². The van der Waals surface area contributed by atoms with Crippen LogP contribution in [-0.4, -0.2) is 61.7 Å². The monoisotopic (exact) mass is 244 g/mol. The number of hydrogen-bond donors (Lipinski definition) is 2. The van der Waals surface area contributed by atoms with Gasteiger partial charge in [-0.1, -0.05) is 0 Å². The zero-order chi connectivity index (χ0) is 12.8. The highest BCUT2D eigenvalue weighted by Crippen LogP contribution is 2.26. The van der Waals surface area contributed by atoms with Crippen LogP contribution in [0.4, 0.5) is 13.2 Å². The summed E-state index contributed by atoms with van der Waals surface area (Å²) in [6.07, 6.45) is -4.41. The van der Waals surface area contributed by atoms with Crippen LogP contribution in [0.3, 0.4) is 0 Å². The summed E-state index contributed by atoms with van der Waals surface area (Å²) >= 11 is 0. The molecule has 7 heteroatoms. The summed E-state index contributed by atoms with van der Waals surface area (Å²) in [6.45, 7) is 1.13. The van der Waals surface area contributed by atoms with Crippen LogP contribution in [0, 0.1) is 0 Å². The summed E-state index contributed by atoms with van der Waals surface area (Å²) in [4.78, 5) is 1.09. The minimum absolute atomic E-state index is 0.0743. The van der Waals surface area contributed by atoms with E-state index in [0.29, 0.717) is 0 Å². The number of nitrogens with two attached hydrogens (primary N) is 1. The Morgan fingerprint density at radius 2 is 1.94 bits per heavy atom. The van der Waals surface area contributed by atoms with E-state index in [1.807, 2.05) is 0 Å². The summed E-state index contributed by atoms with van der Waals surface area (Å²) in [6, 6.07) is -2.81. The molecule has 0 rings (SSSR count). The number of methoxy groups -OCH3 is 1. The number of halogens is 3. The molecule has 0 aromatic heterocycles. The minimum atomic E-state index is -4.41. The predicted molar refractivity (Wildman–Crippen MR) is 54.0 cm³/mol. The number of aliphatic hydroxyl groups is 1. The first-order valence-corrected chi connectivity index (χ1v) is 5.00. The number of hydrogen-bond acceptors (Lipinski definition) is 4. The molecule has 0 saturated heterocycles. The van der Waals surface area contributed by atoms with Gasteiger partial charge < -0.3 is 15.6 Å². The van der Waals surface area contributed by atoms with Crippen molar-refractivity contribution >= 4 is 0 Å². The van der Waals surface area contributed by atoms with E-state index < -0.39 is 18.3 Å². The first-order chi connectivity index (χ1) is 7.34. The maximum absolute atomic E-state index is 12.7. The van der Waals surface area contributed by atoms with Crippen LogP contribution in [0.1, 0.15) is 6.92 Å². The third kappa shape index (κ3) is 5.11. The van der Waals surface area contributed by atoms with E-state index in [-0.39, 0.29) is 26.3 Å². The molecule has 0 aliphatic rings. The zero-order valence-corrected chi connectivity index (χ0v) is 9.50. The highest BCUT2D eigenvalue weighted by atomic mass is 19.4. The lowest BCUT2D eigenvalue weighted by atomic mass is 10.1. The lowest BCUT2D eigenvalue weighted by molar-refractivity contribution is -0.190. The van der Waals surface area contributed by atoms with Gasteiger partial charge in [-0.25, -0.2) is 0 Å².